The third-order valence-corrected chi connectivity index (χ3v) is 5.64. The molecule has 1 saturated heterocycles. The molecule has 3 heterocycles. The van der Waals surface area contributed by atoms with Crippen LogP contribution in [0.3, 0.4) is 0 Å². The monoisotopic (exact) mass is 410 g/mol. The number of rotatable bonds is 4. The third kappa shape index (κ3) is 4.17. The Morgan fingerprint density at radius 3 is 1.28 bits per heavy atom. The molecule has 152 valence electrons. The second-order valence-electron chi connectivity index (χ2n) is 7.38. The summed E-state index contributed by atoms with van der Waals surface area (Å²) in [6.45, 7) is 7.80. The topological polar surface area (TPSA) is 55.3 Å². The van der Waals surface area contributed by atoms with Gasteiger partial charge in [0.05, 0.1) is 13.1 Å². The molecule has 3 aliphatic rings. The van der Waals surface area contributed by atoms with Crippen molar-refractivity contribution in [2.75, 3.05) is 62.2 Å². The molecule has 3 aliphatic heterocycles. The van der Waals surface area contributed by atoms with Crippen LogP contribution < -0.4 is 20.4 Å². The van der Waals surface area contributed by atoms with Gasteiger partial charge in [-0.3, -0.25) is 9.98 Å². The molecule has 6 nitrogen and oxygen atoms in total. The zero-order valence-electron chi connectivity index (χ0n) is 16.5. The SMILES string of the molecule is Cl.c1cc(N2CCN(c3ccc(C4=NCCN4)cc3)CC2)ccc1C1=NCCN1. The molecular weight excluding hydrogens is 384 g/mol. The maximum atomic E-state index is 4.50. The number of anilines is 2. The van der Waals surface area contributed by atoms with Crippen LogP contribution in [-0.2, 0) is 0 Å². The predicted octanol–water partition coefficient (Wildman–Crippen LogP) is 2.13. The first kappa shape index (κ1) is 19.6. The van der Waals surface area contributed by atoms with E-state index in [1.165, 1.54) is 22.5 Å². The number of halogens is 1. The van der Waals surface area contributed by atoms with Crippen molar-refractivity contribution in [2.45, 2.75) is 0 Å². The Kier molecular flexibility index (Phi) is 5.90. The Balaban J connectivity index is 0.00000205. The molecule has 0 unspecified atom stereocenters. The van der Waals surface area contributed by atoms with Crippen LogP contribution in [0.1, 0.15) is 11.1 Å². The minimum Gasteiger partial charge on any atom is -0.368 e. The molecule has 0 radical (unpaired) electrons. The molecule has 0 spiro atoms. The number of hydrogen-bond donors (Lipinski definition) is 2. The van der Waals surface area contributed by atoms with Gasteiger partial charge in [-0.25, -0.2) is 0 Å². The standard InChI is InChI=1S/C22H26N6.ClH/c1-5-19(6-2-17(1)21-23-9-10-24-21)27-13-15-28(16-14-27)20-7-3-18(4-8-20)22-25-11-12-26-22;/h1-8H,9-16H2,(H,23,24)(H,25,26);1H. The second-order valence-corrected chi connectivity index (χ2v) is 7.38. The Morgan fingerprint density at radius 2 is 0.966 bits per heavy atom. The molecule has 0 amide bonds. The van der Waals surface area contributed by atoms with Gasteiger partial charge in [0.2, 0.25) is 0 Å². The minimum absolute atomic E-state index is 0. The molecule has 2 aromatic rings. The van der Waals surface area contributed by atoms with Gasteiger partial charge in [0.1, 0.15) is 11.7 Å². The van der Waals surface area contributed by atoms with E-state index in [9.17, 15) is 0 Å². The summed E-state index contributed by atoms with van der Waals surface area (Å²) in [7, 11) is 0. The molecule has 29 heavy (non-hydrogen) atoms. The predicted molar refractivity (Wildman–Crippen MR) is 123 cm³/mol. The van der Waals surface area contributed by atoms with Crippen LogP contribution >= 0.6 is 12.4 Å². The fourth-order valence-electron chi connectivity index (χ4n) is 4.07. The average Bonchev–Trinajstić information content (AvgIpc) is 3.49. The van der Waals surface area contributed by atoms with Crippen LogP contribution in [0, 0.1) is 0 Å². The average molecular weight is 411 g/mol. The van der Waals surface area contributed by atoms with E-state index in [0.29, 0.717) is 0 Å². The summed E-state index contributed by atoms with van der Waals surface area (Å²) >= 11 is 0. The van der Waals surface area contributed by atoms with E-state index in [2.05, 4.69) is 78.9 Å². The van der Waals surface area contributed by atoms with E-state index in [4.69, 9.17) is 0 Å². The summed E-state index contributed by atoms with van der Waals surface area (Å²) in [6, 6.07) is 17.6. The number of amidine groups is 2. The van der Waals surface area contributed by atoms with Crippen LogP contribution in [0.5, 0.6) is 0 Å². The van der Waals surface area contributed by atoms with E-state index >= 15 is 0 Å². The van der Waals surface area contributed by atoms with Gasteiger partial charge in [0.25, 0.3) is 0 Å². The number of benzene rings is 2. The lowest BCUT2D eigenvalue weighted by molar-refractivity contribution is 0.653. The third-order valence-electron chi connectivity index (χ3n) is 5.64. The Hall–Kier alpha value is -2.73. The molecule has 0 atom stereocenters. The lowest BCUT2D eigenvalue weighted by Crippen LogP contribution is -2.46. The highest BCUT2D eigenvalue weighted by molar-refractivity contribution is 6.00. The van der Waals surface area contributed by atoms with E-state index in [-0.39, 0.29) is 12.4 Å². The summed E-state index contributed by atoms with van der Waals surface area (Å²) in [5, 5.41) is 6.67. The number of aliphatic imine (C=N–C) groups is 2. The van der Waals surface area contributed by atoms with Gasteiger partial charge in [-0.15, -0.1) is 12.4 Å². The lowest BCUT2D eigenvalue weighted by Gasteiger charge is -2.37. The van der Waals surface area contributed by atoms with Gasteiger partial charge >= 0.3 is 0 Å². The first-order valence-electron chi connectivity index (χ1n) is 10.1. The molecule has 0 aromatic heterocycles. The van der Waals surface area contributed by atoms with Crippen molar-refractivity contribution < 1.29 is 0 Å². The highest BCUT2D eigenvalue weighted by Gasteiger charge is 2.18. The van der Waals surface area contributed by atoms with Crippen LogP contribution in [0.25, 0.3) is 0 Å². The first-order valence-corrected chi connectivity index (χ1v) is 10.1. The van der Waals surface area contributed by atoms with Gasteiger partial charge < -0.3 is 20.4 Å². The summed E-state index contributed by atoms with van der Waals surface area (Å²) in [6.07, 6.45) is 0. The van der Waals surface area contributed by atoms with Crippen LogP contribution in [-0.4, -0.2) is 64.0 Å². The molecule has 5 rings (SSSR count). The fourth-order valence-corrected chi connectivity index (χ4v) is 4.07. The zero-order chi connectivity index (χ0) is 18.8. The number of nitrogens with one attached hydrogen (secondary N) is 2. The van der Waals surface area contributed by atoms with E-state index in [1.807, 2.05) is 0 Å². The smallest absolute Gasteiger partial charge is 0.128 e. The molecule has 7 heteroatoms. The van der Waals surface area contributed by atoms with Crippen molar-refractivity contribution in [1.29, 1.82) is 0 Å². The fraction of sp³-hybridized carbons (Fsp3) is 0.364. The van der Waals surface area contributed by atoms with Gasteiger partial charge in [0.15, 0.2) is 0 Å². The number of piperazine rings is 1. The van der Waals surface area contributed by atoms with Crippen molar-refractivity contribution in [3.8, 4) is 0 Å². The second kappa shape index (κ2) is 8.74. The molecule has 0 bridgehead atoms. The van der Waals surface area contributed by atoms with Gasteiger partial charge in [-0.1, -0.05) is 0 Å². The van der Waals surface area contributed by atoms with E-state index in [1.54, 1.807) is 0 Å². The van der Waals surface area contributed by atoms with Crippen molar-refractivity contribution >= 4 is 35.5 Å². The molecule has 2 N–H and O–H groups in total. The molecule has 1 fully saturated rings. The molecular formula is C22H27ClN6. The van der Waals surface area contributed by atoms with Crippen molar-refractivity contribution in [1.82, 2.24) is 10.6 Å². The van der Waals surface area contributed by atoms with Crippen molar-refractivity contribution in [3.63, 3.8) is 0 Å². The quantitative estimate of drug-likeness (QED) is 0.810. The summed E-state index contributed by atoms with van der Waals surface area (Å²) in [5.41, 5.74) is 4.95. The van der Waals surface area contributed by atoms with Gasteiger partial charge in [0, 0.05) is 61.8 Å². The molecule has 2 aromatic carbocycles. The van der Waals surface area contributed by atoms with Crippen LogP contribution in [0.4, 0.5) is 11.4 Å². The summed E-state index contributed by atoms with van der Waals surface area (Å²) in [5.74, 6) is 2.05. The maximum Gasteiger partial charge on any atom is 0.128 e. The van der Waals surface area contributed by atoms with E-state index in [0.717, 1.165) is 64.0 Å². The van der Waals surface area contributed by atoms with Crippen LogP contribution in [0.15, 0.2) is 58.5 Å². The largest absolute Gasteiger partial charge is 0.368 e. The highest BCUT2D eigenvalue weighted by Crippen LogP contribution is 2.22. The first-order chi connectivity index (χ1) is 13.9. The van der Waals surface area contributed by atoms with Gasteiger partial charge in [-0.2, -0.15) is 0 Å². The highest BCUT2D eigenvalue weighted by atomic mass is 35.5. The Bertz CT molecular complexity index is 807. The van der Waals surface area contributed by atoms with Gasteiger partial charge in [-0.05, 0) is 48.5 Å². The zero-order valence-corrected chi connectivity index (χ0v) is 17.3. The Labute approximate surface area is 178 Å². The number of hydrogen-bond acceptors (Lipinski definition) is 6. The van der Waals surface area contributed by atoms with Crippen molar-refractivity contribution in [3.05, 3.63) is 59.7 Å². The molecule has 0 saturated carbocycles. The summed E-state index contributed by atoms with van der Waals surface area (Å²) < 4.78 is 0. The van der Waals surface area contributed by atoms with E-state index < -0.39 is 0 Å². The normalized spacial score (nSPS) is 18.5. The maximum absolute atomic E-state index is 4.50. The summed E-state index contributed by atoms with van der Waals surface area (Å²) in [4.78, 5) is 13.9. The minimum atomic E-state index is 0. The molecule has 0 aliphatic carbocycles. The lowest BCUT2D eigenvalue weighted by atomic mass is 10.1. The van der Waals surface area contributed by atoms with Crippen LogP contribution in [0.2, 0.25) is 0 Å². The van der Waals surface area contributed by atoms with Crippen molar-refractivity contribution in [2.24, 2.45) is 9.98 Å². The Morgan fingerprint density at radius 1 is 0.586 bits per heavy atom. The number of nitrogens with zero attached hydrogens (tertiary/aromatic N) is 4.